The number of Topliss-reactive ketones (excluding diaryl/α,β-unsaturated/α-hetero) is 1. The Balaban J connectivity index is 2.65. The van der Waals surface area contributed by atoms with Gasteiger partial charge in [-0.05, 0) is 12.5 Å². The van der Waals surface area contributed by atoms with Gasteiger partial charge in [0.25, 0.3) is 0 Å². The highest BCUT2D eigenvalue weighted by Crippen LogP contribution is 2.33. The van der Waals surface area contributed by atoms with Crippen LogP contribution < -0.4 is 0 Å². The summed E-state index contributed by atoms with van der Waals surface area (Å²) in [4.78, 5) is 32.9. The number of aliphatic hydroxyl groups is 1. The minimum atomic E-state index is -0.763. The summed E-state index contributed by atoms with van der Waals surface area (Å²) in [7, 11) is 1.29. The molecule has 1 rings (SSSR count). The van der Waals surface area contributed by atoms with Gasteiger partial charge in [-0.2, -0.15) is 0 Å². The minimum Gasteiger partial charge on any atom is -0.469 e. The molecule has 0 radical (unpaired) electrons. The Bertz CT molecular complexity index is 334. The number of ether oxygens (including phenoxy) is 1. The third kappa shape index (κ3) is 3.49. The molecule has 1 fully saturated rings. The second kappa shape index (κ2) is 6.30. The maximum atomic E-state index is 11.6. The van der Waals surface area contributed by atoms with Crippen molar-refractivity contribution in [2.24, 2.45) is 11.8 Å². The van der Waals surface area contributed by atoms with Crippen LogP contribution >= 0.6 is 0 Å². The number of carbonyl (C=O) groups excluding carboxylic acids is 3. The van der Waals surface area contributed by atoms with Crippen molar-refractivity contribution in [1.29, 1.82) is 0 Å². The standard InChI is InChI=1S/C12H16O5/c1-17-12(16)5-4-9-8(3-2-6-13)10(14)7-11(9)15/h2-3,6,8-10,14H,4-5,7H2,1H3/b3-2+. The van der Waals surface area contributed by atoms with Crippen molar-refractivity contribution in [3.8, 4) is 0 Å². The third-order valence-corrected chi connectivity index (χ3v) is 3.03. The van der Waals surface area contributed by atoms with E-state index in [9.17, 15) is 19.5 Å². The van der Waals surface area contributed by atoms with Crippen LogP contribution in [-0.2, 0) is 19.1 Å². The van der Waals surface area contributed by atoms with E-state index < -0.39 is 12.0 Å². The van der Waals surface area contributed by atoms with Crippen molar-refractivity contribution in [3.63, 3.8) is 0 Å². The van der Waals surface area contributed by atoms with E-state index in [0.29, 0.717) is 12.7 Å². The third-order valence-electron chi connectivity index (χ3n) is 3.03. The first-order chi connectivity index (χ1) is 8.10. The highest BCUT2D eigenvalue weighted by Gasteiger charge is 2.39. The van der Waals surface area contributed by atoms with Gasteiger partial charge in [0.15, 0.2) is 0 Å². The number of rotatable bonds is 5. The van der Waals surface area contributed by atoms with E-state index in [1.165, 1.54) is 19.3 Å². The van der Waals surface area contributed by atoms with E-state index in [4.69, 9.17) is 0 Å². The molecule has 0 bridgehead atoms. The summed E-state index contributed by atoms with van der Waals surface area (Å²) in [5.74, 6) is -1.23. The molecule has 0 heterocycles. The molecule has 94 valence electrons. The number of carbonyl (C=O) groups is 3. The molecule has 5 nitrogen and oxygen atoms in total. The molecular formula is C12H16O5. The van der Waals surface area contributed by atoms with E-state index in [2.05, 4.69) is 4.74 Å². The lowest BCUT2D eigenvalue weighted by Gasteiger charge is -2.16. The van der Waals surface area contributed by atoms with Crippen molar-refractivity contribution in [3.05, 3.63) is 12.2 Å². The molecule has 17 heavy (non-hydrogen) atoms. The Labute approximate surface area is 99.5 Å². The van der Waals surface area contributed by atoms with Gasteiger partial charge in [-0.15, -0.1) is 0 Å². The van der Waals surface area contributed by atoms with Gasteiger partial charge < -0.3 is 9.84 Å². The molecule has 0 aromatic rings. The van der Waals surface area contributed by atoms with Gasteiger partial charge in [0, 0.05) is 24.7 Å². The number of aliphatic hydroxyl groups excluding tert-OH is 1. The number of ketones is 1. The monoisotopic (exact) mass is 240 g/mol. The number of methoxy groups -OCH3 is 1. The Kier molecular flexibility index (Phi) is 5.03. The second-order valence-corrected chi connectivity index (χ2v) is 4.06. The van der Waals surface area contributed by atoms with Crippen LogP contribution in [0, 0.1) is 11.8 Å². The van der Waals surface area contributed by atoms with E-state index in [-0.39, 0.29) is 30.5 Å². The van der Waals surface area contributed by atoms with Crippen LogP contribution in [0.3, 0.4) is 0 Å². The average molecular weight is 240 g/mol. The molecule has 1 aliphatic rings. The summed E-state index contributed by atoms with van der Waals surface area (Å²) in [6.45, 7) is 0. The van der Waals surface area contributed by atoms with Crippen molar-refractivity contribution in [2.75, 3.05) is 7.11 Å². The van der Waals surface area contributed by atoms with Gasteiger partial charge in [0.05, 0.1) is 13.2 Å². The lowest BCUT2D eigenvalue weighted by molar-refractivity contribution is -0.141. The Hall–Kier alpha value is -1.49. The molecule has 1 saturated carbocycles. The van der Waals surface area contributed by atoms with Gasteiger partial charge in [-0.3, -0.25) is 14.4 Å². The Morgan fingerprint density at radius 1 is 1.59 bits per heavy atom. The van der Waals surface area contributed by atoms with Gasteiger partial charge in [-0.1, -0.05) is 6.08 Å². The molecule has 0 aliphatic heterocycles. The highest BCUT2D eigenvalue weighted by molar-refractivity contribution is 5.85. The first-order valence-corrected chi connectivity index (χ1v) is 5.49. The fraction of sp³-hybridized carbons (Fsp3) is 0.583. The zero-order chi connectivity index (χ0) is 12.8. The fourth-order valence-corrected chi connectivity index (χ4v) is 2.14. The smallest absolute Gasteiger partial charge is 0.305 e. The van der Waals surface area contributed by atoms with Crippen LogP contribution in [0.15, 0.2) is 12.2 Å². The number of hydrogen-bond acceptors (Lipinski definition) is 5. The quantitative estimate of drug-likeness (QED) is 0.423. The minimum absolute atomic E-state index is 0.0676. The molecular weight excluding hydrogens is 224 g/mol. The van der Waals surface area contributed by atoms with E-state index in [1.54, 1.807) is 0 Å². The number of allylic oxidation sites excluding steroid dienone is 1. The summed E-state index contributed by atoms with van der Waals surface area (Å²) in [5.41, 5.74) is 0. The molecule has 0 amide bonds. The first kappa shape index (κ1) is 13.6. The van der Waals surface area contributed by atoms with E-state index in [1.807, 2.05) is 0 Å². The average Bonchev–Trinajstić information content (AvgIpc) is 2.58. The molecule has 0 aromatic heterocycles. The zero-order valence-corrected chi connectivity index (χ0v) is 9.67. The summed E-state index contributed by atoms with van der Waals surface area (Å²) in [5, 5.41) is 9.67. The summed E-state index contributed by atoms with van der Waals surface area (Å²) in [6, 6.07) is 0. The largest absolute Gasteiger partial charge is 0.469 e. The number of esters is 1. The maximum absolute atomic E-state index is 11.6. The molecule has 1 aliphatic carbocycles. The van der Waals surface area contributed by atoms with Gasteiger partial charge in [0.2, 0.25) is 0 Å². The predicted octanol–water partition coefficient (Wildman–Crippen LogP) is 0.261. The lowest BCUT2D eigenvalue weighted by Crippen LogP contribution is -2.19. The molecule has 0 aromatic carbocycles. The number of hydrogen-bond donors (Lipinski definition) is 1. The Morgan fingerprint density at radius 3 is 2.88 bits per heavy atom. The van der Waals surface area contributed by atoms with Crippen LogP contribution in [0.2, 0.25) is 0 Å². The van der Waals surface area contributed by atoms with Crippen LogP contribution in [0.25, 0.3) is 0 Å². The van der Waals surface area contributed by atoms with Crippen LogP contribution in [0.5, 0.6) is 0 Å². The van der Waals surface area contributed by atoms with Crippen molar-refractivity contribution < 1.29 is 24.2 Å². The molecule has 1 N–H and O–H groups in total. The van der Waals surface area contributed by atoms with Crippen LogP contribution in [-0.4, -0.2) is 36.4 Å². The summed E-state index contributed by atoms with van der Waals surface area (Å²) < 4.78 is 4.50. The van der Waals surface area contributed by atoms with E-state index >= 15 is 0 Å². The normalized spacial score (nSPS) is 28.6. The SMILES string of the molecule is COC(=O)CCC1C(=O)CC(O)C1/C=C/C=O. The molecule has 0 spiro atoms. The highest BCUT2D eigenvalue weighted by atomic mass is 16.5. The predicted molar refractivity (Wildman–Crippen MR) is 59.1 cm³/mol. The molecule has 0 saturated heterocycles. The van der Waals surface area contributed by atoms with Gasteiger partial charge in [-0.25, -0.2) is 0 Å². The van der Waals surface area contributed by atoms with Crippen molar-refractivity contribution in [2.45, 2.75) is 25.4 Å². The number of aldehydes is 1. The topological polar surface area (TPSA) is 80.7 Å². The van der Waals surface area contributed by atoms with Gasteiger partial charge in [0.1, 0.15) is 12.1 Å². The van der Waals surface area contributed by atoms with E-state index in [0.717, 1.165) is 0 Å². The van der Waals surface area contributed by atoms with Crippen molar-refractivity contribution >= 4 is 18.0 Å². The molecule has 3 atom stereocenters. The fourth-order valence-electron chi connectivity index (χ4n) is 2.14. The first-order valence-electron chi connectivity index (χ1n) is 5.49. The zero-order valence-electron chi connectivity index (χ0n) is 9.67. The lowest BCUT2D eigenvalue weighted by atomic mass is 9.90. The molecule has 5 heteroatoms. The molecule has 3 unspecified atom stereocenters. The Morgan fingerprint density at radius 2 is 2.29 bits per heavy atom. The van der Waals surface area contributed by atoms with Gasteiger partial charge >= 0.3 is 5.97 Å². The van der Waals surface area contributed by atoms with Crippen molar-refractivity contribution in [1.82, 2.24) is 0 Å². The second-order valence-electron chi connectivity index (χ2n) is 4.06. The summed E-state index contributed by atoms with van der Waals surface area (Å²) in [6.07, 6.45) is 3.22. The maximum Gasteiger partial charge on any atom is 0.305 e. The summed E-state index contributed by atoms with van der Waals surface area (Å²) >= 11 is 0. The van der Waals surface area contributed by atoms with Crippen LogP contribution in [0.4, 0.5) is 0 Å². The van der Waals surface area contributed by atoms with Crippen LogP contribution in [0.1, 0.15) is 19.3 Å².